The molecule has 0 radical (unpaired) electrons. The maximum absolute atomic E-state index is 12.2. The van der Waals surface area contributed by atoms with Gasteiger partial charge in [-0.05, 0) is 25.0 Å². The fraction of sp³-hybridized carbons (Fsp3) is 0.438. The Kier molecular flexibility index (Phi) is 4.98. The summed E-state index contributed by atoms with van der Waals surface area (Å²) in [7, 11) is 0. The third-order valence-electron chi connectivity index (χ3n) is 4.17. The van der Waals surface area contributed by atoms with E-state index in [1.54, 1.807) is 0 Å². The zero-order chi connectivity index (χ0) is 18.0. The Morgan fingerprint density at radius 1 is 1.32 bits per heavy atom. The number of carbonyl (C=O) groups excluding carboxylic acids is 3. The molecule has 1 saturated heterocycles. The van der Waals surface area contributed by atoms with Crippen molar-refractivity contribution in [1.29, 1.82) is 0 Å². The van der Waals surface area contributed by atoms with Gasteiger partial charge in [0.2, 0.25) is 12.7 Å². The highest BCUT2D eigenvalue weighted by Crippen LogP contribution is 2.39. The number of benzene rings is 1. The smallest absolute Gasteiger partial charge is 0.338 e. The SMILES string of the molecule is NC(=O)[C@@H]1CCCN(C(=O)COC(=O)c2cc(Cl)c3c(c2)OCO3)C1. The van der Waals surface area contributed by atoms with Gasteiger partial charge >= 0.3 is 5.97 Å². The lowest BCUT2D eigenvalue weighted by Crippen LogP contribution is -2.45. The highest BCUT2D eigenvalue weighted by Gasteiger charge is 2.28. The molecule has 1 aromatic rings. The van der Waals surface area contributed by atoms with Crippen LogP contribution in [0.25, 0.3) is 0 Å². The van der Waals surface area contributed by atoms with Gasteiger partial charge in [-0.1, -0.05) is 11.6 Å². The van der Waals surface area contributed by atoms with Crippen molar-refractivity contribution >= 4 is 29.4 Å². The molecule has 0 aliphatic carbocycles. The number of primary amides is 1. The van der Waals surface area contributed by atoms with E-state index in [-0.39, 0.29) is 35.7 Å². The summed E-state index contributed by atoms with van der Waals surface area (Å²) in [6, 6.07) is 2.84. The number of rotatable bonds is 4. The van der Waals surface area contributed by atoms with E-state index in [1.165, 1.54) is 17.0 Å². The molecular weight excluding hydrogens is 352 g/mol. The summed E-state index contributed by atoms with van der Waals surface area (Å²) in [6.45, 7) is 0.371. The summed E-state index contributed by atoms with van der Waals surface area (Å²) >= 11 is 6.02. The van der Waals surface area contributed by atoms with E-state index in [0.29, 0.717) is 30.9 Å². The van der Waals surface area contributed by atoms with Gasteiger partial charge in [0.15, 0.2) is 18.1 Å². The normalized spacial score (nSPS) is 18.8. The first-order valence-corrected chi connectivity index (χ1v) is 8.17. The van der Waals surface area contributed by atoms with Gasteiger partial charge < -0.3 is 24.8 Å². The van der Waals surface area contributed by atoms with Crippen molar-refractivity contribution in [2.24, 2.45) is 11.7 Å². The molecule has 2 aliphatic rings. The molecule has 2 amide bonds. The molecule has 1 aromatic carbocycles. The number of ether oxygens (including phenoxy) is 3. The molecule has 0 unspecified atom stereocenters. The van der Waals surface area contributed by atoms with Crippen LogP contribution in [0.3, 0.4) is 0 Å². The molecule has 3 rings (SSSR count). The summed E-state index contributed by atoms with van der Waals surface area (Å²) in [5.74, 6) is -1.13. The second kappa shape index (κ2) is 7.18. The van der Waals surface area contributed by atoms with Crippen LogP contribution in [0.2, 0.25) is 5.02 Å². The zero-order valence-corrected chi connectivity index (χ0v) is 14.1. The molecule has 2 heterocycles. The average Bonchev–Trinajstić information content (AvgIpc) is 3.08. The van der Waals surface area contributed by atoms with E-state index in [0.717, 1.165) is 0 Å². The summed E-state index contributed by atoms with van der Waals surface area (Å²) in [5, 5.41) is 0.230. The molecular formula is C16H17ClN2O6. The Balaban J connectivity index is 1.58. The van der Waals surface area contributed by atoms with Crippen LogP contribution in [-0.4, -0.2) is 49.2 Å². The monoisotopic (exact) mass is 368 g/mol. The van der Waals surface area contributed by atoms with E-state index in [4.69, 9.17) is 31.5 Å². The molecule has 134 valence electrons. The maximum Gasteiger partial charge on any atom is 0.338 e. The minimum absolute atomic E-state index is 0.0298. The molecule has 1 atom stereocenters. The van der Waals surface area contributed by atoms with Gasteiger partial charge in [-0.25, -0.2) is 4.79 Å². The van der Waals surface area contributed by atoms with Crippen LogP contribution >= 0.6 is 11.6 Å². The molecule has 1 fully saturated rings. The van der Waals surface area contributed by atoms with Gasteiger partial charge in [-0.3, -0.25) is 9.59 Å². The van der Waals surface area contributed by atoms with E-state index in [9.17, 15) is 14.4 Å². The fourth-order valence-corrected chi connectivity index (χ4v) is 3.09. The van der Waals surface area contributed by atoms with Crippen molar-refractivity contribution in [1.82, 2.24) is 4.90 Å². The Morgan fingerprint density at radius 3 is 2.88 bits per heavy atom. The molecule has 0 aromatic heterocycles. The lowest BCUT2D eigenvalue weighted by atomic mass is 9.97. The van der Waals surface area contributed by atoms with Gasteiger partial charge in [0.05, 0.1) is 16.5 Å². The van der Waals surface area contributed by atoms with Gasteiger partial charge in [-0.15, -0.1) is 0 Å². The Morgan fingerprint density at radius 2 is 2.12 bits per heavy atom. The molecule has 25 heavy (non-hydrogen) atoms. The first-order valence-electron chi connectivity index (χ1n) is 7.79. The molecule has 9 heteroatoms. The first kappa shape index (κ1) is 17.3. The molecule has 0 bridgehead atoms. The minimum atomic E-state index is -0.697. The van der Waals surface area contributed by atoms with E-state index >= 15 is 0 Å². The predicted molar refractivity (Wildman–Crippen MR) is 86.4 cm³/mol. The average molecular weight is 369 g/mol. The number of carbonyl (C=O) groups is 3. The third kappa shape index (κ3) is 3.79. The Labute approximate surface area is 148 Å². The number of hydrogen-bond acceptors (Lipinski definition) is 6. The summed E-state index contributed by atoms with van der Waals surface area (Å²) in [6.07, 6.45) is 1.35. The van der Waals surface area contributed by atoms with Crippen molar-refractivity contribution in [2.45, 2.75) is 12.8 Å². The lowest BCUT2D eigenvalue weighted by Gasteiger charge is -2.31. The van der Waals surface area contributed by atoms with Crippen LogP contribution in [0.15, 0.2) is 12.1 Å². The van der Waals surface area contributed by atoms with Crippen LogP contribution in [0.5, 0.6) is 11.5 Å². The summed E-state index contributed by atoms with van der Waals surface area (Å²) in [5.41, 5.74) is 5.45. The Bertz CT molecular complexity index is 723. The Hall–Kier alpha value is -2.48. The van der Waals surface area contributed by atoms with Gasteiger partial charge in [0.1, 0.15) is 0 Å². The number of fused-ring (bicyclic) bond motifs is 1. The number of likely N-dealkylation sites (tertiary alicyclic amines) is 1. The molecule has 2 aliphatic heterocycles. The fourth-order valence-electron chi connectivity index (χ4n) is 2.82. The van der Waals surface area contributed by atoms with Crippen LogP contribution in [0.1, 0.15) is 23.2 Å². The zero-order valence-electron chi connectivity index (χ0n) is 13.3. The number of halogens is 1. The molecule has 8 nitrogen and oxygen atoms in total. The van der Waals surface area contributed by atoms with Crippen molar-refractivity contribution in [2.75, 3.05) is 26.5 Å². The van der Waals surface area contributed by atoms with Crippen molar-refractivity contribution in [3.05, 3.63) is 22.7 Å². The number of piperidine rings is 1. The van der Waals surface area contributed by atoms with Crippen molar-refractivity contribution in [3.8, 4) is 11.5 Å². The van der Waals surface area contributed by atoms with E-state index < -0.39 is 18.5 Å². The third-order valence-corrected chi connectivity index (χ3v) is 4.45. The lowest BCUT2D eigenvalue weighted by molar-refractivity contribution is -0.137. The van der Waals surface area contributed by atoms with Gasteiger partial charge in [0.25, 0.3) is 5.91 Å². The summed E-state index contributed by atoms with van der Waals surface area (Å²) in [4.78, 5) is 37.1. The van der Waals surface area contributed by atoms with Crippen molar-refractivity contribution < 1.29 is 28.6 Å². The van der Waals surface area contributed by atoms with Crippen LogP contribution in [0.4, 0.5) is 0 Å². The molecule has 0 spiro atoms. The predicted octanol–water partition coefficient (Wildman–Crippen LogP) is 0.949. The number of esters is 1. The standard InChI is InChI=1S/C16H17ClN2O6/c17-11-4-10(5-12-14(11)25-8-24-12)16(22)23-7-13(20)19-3-1-2-9(6-19)15(18)21/h4-5,9H,1-3,6-8H2,(H2,18,21)/t9-/m1/s1. The molecule has 0 saturated carbocycles. The van der Waals surface area contributed by atoms with Crippen LogP contribution in [-0.2, 0) is 14.3 Å². The first-order chi connectivity index (χ1) is 12.0. The van der Waals surface area contributed by atoms with E-state index in [2.05, 4.69) is 0 Å². The maximum atomic E-state index is 12.2. The topological polar surface area (TPSA) is 108 Å². The highest BCUT2D eigenvalue weighted by molar-refractivity contribution is 6.32. The second-order valence-corrected chi connectivity index (χ2v) is 6.26. The van der Waals surface area contributed by atoms with Crippen LogP contribution < -0.4 is 15.2 Å². The number of nitrogens with zero attached hydrogens (tertiary/aromatic N) is 1. The quantitative estimate of drug-likeness (QED) is 0.793. The highest BCUT2D eigenvalue weighted by atomic mass is 35.5. The van der Waals surface area contributed by atoms with Gasteiger partial charge in [-0.2, -0.15) is 0 Å². The minimum Gasteiger partial charge on any atom is -0.454 e. The van der Waals surface area contributed by atoms with Gasteiger partial charge in [0, 0.05) is 13.1 Å². The molecule has 2 N–H and O–H groups in total. The van der Waals surface area contributed by atoms with Crippen LogP contribution in [0, 0.1) is 5.92 Å². The number of amides is 2. The van der Waals surface area contributed by atoms with Crippen molar-refractivity contribution in [3.63, 3.8) is 0 Å². The van der Waals surface area contributed by atoms with E-state index in [1.807, 2.05) is 0 Å². The summed E-state index contributed by atoms with van der Waals surface area (Å²) < 4.78 is 15.4. The second-order valence-electron chi connectivity index (χ2n) is 5.85. The largest absolute Gasteiger partial charge is 0.454 e. The number of hydrogen-bond donors (Lipinski definition) is 1. The number of nitrogens with two attached hydrogens (primary N) is 1.